The zero-order valence-corrected chi connectivity index (χ0v) is 22.2. The van der Waals surface area contributed by atoms with E-state index in [-0.39, 0.29) is 5.60 Å². The summed E-state index contributed by atoms with van der Waals surface area (Å²) in [6.45, 7) is 19.5. The second-order valence-electron chi connectivity index (χ2n) is 10.4. The average Bonchev–Trinajstić information content (AvgIpc) is 3.34. The van der Waals surface area contributed by atoms with E-state index in [0.29, 0.717) is 6.10 Å². The van der Waals surface area contributed by atoms with Crippen LogP contribution in [-0.2, 0) is 4.74 Å². The van der Waals surface area contributed by atoms with Gasteiger partial charge in [-0.15, -0.1) is 0 Å². The van der Waals surface area contributed by atoms with E-state index in [4.69, 9.17) is 4.74 Å². The molecule has 1 atom stereocenters. The lowest BCUT2D eigenvalue weighted by Gasteiger charge is -2.03. The molecule has 0 N–H and O–H groups in total. The van der Waals surface area contributed by atoms with Gasteiger partial charge in [0.1, 0.15) is 0 Å². The Morgan fingerprint density at radius 1 is 0.688 bits per heavy atom. The summed E-state index contributed by atoms with van der Waals surface area (Å²) in [6, 6.07) is 0. The molecule has 1 heterocycles. The van der Waals surface area contributed by atoms with Crippen LogP contribution >= 0.6 is 0 Å². The first-order valence-corrected chi connectivity index (χ1v) is 12.7. The maximum atomic E-state index is 5.68. The molecule has 0 aromatic rings. The predicted molar refractivity (Wildman–Crippen MR) is 144 cm³/mol. The van der Waals surface area contributed by atoms with Gasteiger partial charge in [-0.2, -0.15) is 0 Å². The average molecular weight is 439 g/mol. The lowest BCUT2D eigenvalue weighted by molar-refractivity contribution is 0.320. The van der Waals surface area contributed by atoms with Crippen LogP contribution in [0.4, 0.5) is 0 Å². The highest BCUT2D eigenvalue weighted by Gasteiger charge is 2.46. The fraction of sp³-hybridized carbons (Fsp3) is 0.613. The minimum Gasteiger partial charge on any atom is -0.367 e. The van der Waals surface area contributed by atoms with Gasteiger partial charge in [0.15, 0.2) is 0 Å². The molecule has 0 aliphatic carbocycles. The lowest BCUT2D eigenvalue weighted by atomic mass is 10.0. The first-order chi connectivity index (χ1) is 15.1. The van der Waals surface area contributed by atoms with Crippen molar-refractivity contribution in [2.75, 3.05) is 0 Å². The van der Waals surface area contributed by atoms with Crippen LogP contribution in [0.1, 0.15) is 113 Å². The van der Waals surface area contributed by atoms with Gasteiger partial charge in [-0.1, -0.05) is 70.9 Å². The van der Waals surface area contributed by atoms with Gasteiger partial charge in [-0.3, -0.25) is 0 Å². The van der Waals surface area contributed by atoms with Crippen molar-refractivity contribution in [3.05, 3.63) is 70.9 Å². The Bertz CT molecular complexity index is 720. The SMILES string of the molecule is C=C/C(=C\CC/C(C)=C/CC/C=C(\C)CCC=C(C)CCC1OC1(C)C)CCC=C(C)C. The summed E-state index contributed by atoms with van der Waals surface area (Å²) in [5.74, 6) is 0. The molecule has 1 nitrogen and oxygen atoms in total. The van der Waals surface area contributed by atoms with E-state index in [2.05, 4.69) is 85.4 Å². The smallest absolute Gasteiger partial charge is 0.0892 e. The standard InChI is InChI=1S/C31H50O/c1-9-29(21-12-15-25(2)3)22-14-20-27(5)17-11-10-16-26(4)18-13-19-28(6)23-24-30-31(7,8)32-30/h9,15-17,19,22,30H,1,10-14,18,20-21,23-24H2,2-8H3/b26-16+,27-17+,28-19?,29-22+. The molecule has 32 heavy (non-hydrogen) atoms. The molecule has 0 amide bonds. The zero-order valence-electron chi connectivity index (χ0n) is 22.2. The first-order valence-electron chi connectivity index (χ1n) is 12.7. The third-order valence-corrected chi connectivity index (χ3v) is 6.34. The van der Waals surface area contributed by atoms with Gasteiger partial charge in [-0.25, -0.2) is 0 Å². The Hall–Kier alpha value is -1.60. The van der Waals surface area contributed by atoms with Crippen LogP contribution in [0, 0.1) is 0 Å². The van der Waals surface area contributed by atoms with Crippen molar-refractivity contribution in [1.29, 1.82) is 0 Å². The fourth-order valence-corrected chi connectivity index (χ4v) is 3.91. The van der Waals surface area contributed by atoms with Crippen molar-refractivity contribution in [3.63, 3.8) is 0 Å². The van der Waals surface area contributed by atoms with Crippen molar-refractivity contribution in [3.8, 4) is 0 Å². The number of ether oxygens (including phenoxy) is 1. The van der Waals surface area contributed by atoms with E-state index in [0.717, 1.165) is 51.4 Å². The van der Waals surface area contributed by atoms with Crippen LogP contribution in [0.15, 0.2) is 70.9 Å². The van der Waals surface area contributed by atoms with Gasteiger partial charge >= 0.3 is 0 Å². The molecule has 1 heteroatoms. The van der Waals surface area contributed by atoms with E-state index < -0.39 is 0 Å². The molecule has 0 radical (unpaired) electrons. The van der Waals surface area contributed by atoms with Crippen molar-refractivity contribution >= 4 is 0 Å². The largest absolute Gasteiger partial charge is 0.367 e. The Morgan fingerprint density at radius 2 is 1.16 bits per heavy atom. The Morgan fingerprint density at radius 3 is 1.66 bits per heavy atom. The highest BCUT2D eigenvalue weighted by Crippen LogP contribution is 2.38. The molecule has 0 aromatic carbocycles. The summed E-state index contributed by atoms with van der Waals surface area (Å²) in [4.78, 5) is 0. The van der Waals surface area contributed by atoms with Crippen LogP contribution in [0.25, 0.3) is 0 Å². The van der Waals surface area contributed by atoms with Crippen LogP contribution in [-0.4, -0.2) is 11.7 Å². The first kappa shape index (κ1) is 28.4. The van der Waals surface area contributed by atoms with Gasteiger partial charge in [0.25, 0.3) is 0 Å². The topological polar surface area (TPSA) is 12.5 Å². The highest BCUT2D eigenvalue weighted by atomic mass is 16.6. The van der Waals surface area contributed by atoms with Crippen LogP contribution in [0.2, 0.25) is 0 Å². The maximum absolute atomic E-state index is 5.68. The van der Waals surface area contributed by atoms with E-state index in [9.17, 15) is 0 Å². The quantitative estimate of drug-likeness (QED) is 0.101. The minimum atomic E-state index is 0.128. The predicted octanol–water partition coefficient (Wildman–Crippen LogP) is 9.98. The van der Waals surface area contributed by atoms with Crippen molar-refractivity contribution in [1.82, 2.24) is 0 Å². The molecule has 0 spiro atoms. The number of allylic oxidation sites excluding steroid dienone is 11. The number of hydrogen-bond donors (Lipinski definition) is 0. The van der Waals surface area contributed by atoms with E-state index in [1.807, 2.05) is 6.08 Å². The molecule has 1 unspecified atom stereocenters. The van der Waals surface area contributed by atoms with Crippen molar-refractivity contribution < 1.29 is 4.74 Å². The van der Waals surface area contributed by atoms with Gasteiger partial charge in [0.2, 0.25) is 0 Å². The lowest BCUT2D eigenvalue weighted by Crippen LogP contribution is -2.02. The molecular weight excluding hydrogens is 388 g/mol. The summed E-state index contributed by atoms with van der Waals surface area (Å²) < 4.78 is 5.68. The summed E-state index contributed by atoms with van der Waals surface area (Å²) >= 11 is 0. The van der Waals surface area contributed by atoms with Crippen molar-refractivity contribution in [2.45, 2.75) is 124 Å². The van der Waals surface area contributed by atoms with Gasteiger partial charge in [0.05, 0.1) is 11.7 Å². The van der Waals surface area contributed by atoms with Crippen LogP contribution < -0.4 is 0 Å². The molecular formula is C31H50O. The van der Waals surface area contributed by atoms with Gasteiger partial charge in [-0.05, 0) is 113 Å². The van der Waals surface area contributed by atoms with Gasteiger partial charge in [0, 0.05) is 0 Å². The molecule has 1 aliphatic heterocycles. The van der Waals surface area contributed by atoms with Crippen LogP contribution in [0.5, 0.6) is 0 Å². The minimum absolute atomic E-state index is 0.128. The third kappa shape index (κ3) is 13.7. The summed E-state index contributed by atoms with van der Waals surface area (Å²) in [5, 5.41) is 0. The Labute approximate surface area is 200 Å². The van der Waals surface area contributed by atoms with Crippen LogP contribution in [0.3, 0.4) is 0 Å². The highest BCUT2D eigenvalue weighted by molar-refractivity contribution is 5.17. The van der Waals surface area contributed by atoms with E-state index in [1.54, 1.807) is 0 Å². The summed E-state index contributed by atoms with van der Waals surface area (Å²) in [5.41, 5.74) is 7.43. The monoisotopic (exact) mass is 438 g/mol. The van der Waals surface area contributed by atoms with Gasteiger partial charge < -0.3 is 4.74 Å². The number of epoxide rings is 1. The molecule has 0 bridgehead atoms. The zero-order chi connectivity index (χ0) is 24.0. The Balaban J connectivity index is 2.21. The molecule has 180 valence electrons. The van der Waals surface area contributed by atoms with E-state index in [1.165, 1.54) is 40.7 Å². The number of hydrogen-bond acceptors (Lipinski definition) is 1. The fourth-order valence-electron chi connectivity index (χ4n) is 3.91. The molecule has 1 saturated heterocycles. The number of unbranched alkanes of at least 4 members (excludes halogenated alkanes) is 1. The third-order valence-electron chi connectivity index (χ3n) is 6.34. The van der Waals surface area contributed by atoms with Crippen molar-refractivity contribution in [2.24, 2.45) is 0 Å². The molecule has 0 saturated carbocycles. The normalized spacial score (nSPS) is 19.2. The molecule has 0 aromatic heterocycles. The second kappa shape index (κ2) is 15.3. The number of rotatable bonds is 16. The Kier molecular flexibility index (Phi) is 13.6. The molecule has 1 rings (SSSR count). The summed E-state index contributed by atoms with van der Waals surface area (Å²) in [6.07, 6.45) is 25.8. The molecule has 1 aliphatic rings. The second-order valence-corrected chi connectivity index (χ2v) is 10.4. The summed E-state index contributed by atoms with van der Waals surface area (Å²) in [7, 11) is 0. The van der Waals surface area contributed by atoms with E-state index >= 15 is 0 Å². The maximum Gasteiger partial charge on any atom is 0.0892 e. The molecule has 1 fully saturated rings.